The summed E-state index contributed by atoms with van der Waals surface area (Å²) in [4.78, 5) is 27.6. The molecule has 0 saturated heterocycles. The lowest BCUT2D eigenvalue weighted by Crippen LogP contribution is -2.40. The van der Waals surface area contributed by atoms with E-state index in [1.54, 1.807) is 0 Å². The summed E-state index contributed by atoms with van der Waals surface area (Å²) in [6, 6.07) is 6.08. The molecule has 5 heteroatoms. The lowest BCUT2D eigenvalue weighted by molar-refractivity contribution is -0.123. The molecule has 1 aliphatic carbocycles. The molecule has 29 heavy (non-hydrogen) atoms. The molecule has 1 aliphatic heterocycles. The van der Waals surface area contributed by atoms with Crippen molar-refractivity contribution in [1.29, 1.82) is 0 Å². The fourth-order valence-corrected chi connectivity index (χ4v) is 4.54. The number of fused-ring (bicyclic) bond motifs is 1. The largest absolute Gasteiger partial charge is 0.311 e. The highest BCUT2D eigenvalue weighted by Gasteiger charge is 2.48. The Morgan fingerprint density at radius 2 is 1.83 bits per heavy atom. The second-order valence-electron chi connectivity index (χ2n) is 8.81. The zero-order valence-electron chi connectivity index (χ0n) is 18.4. The number of ketones is 1. The molecule has 1 N–H and O–H groups in total. The van der Waals surface area contributed by atoms with Crippen molar-refractivity contribution in [1.82, 2.24) is 0 Å². The third kappa shape index (κ3) is 4.24. The summed E-state index contributed by atoms with van der Waals surface area (Å²) in [7, 11) is 0. The van der Waals surface area contributed by atoms with Crippen LogP contribution < -0.4 is 10.3 Å². The maximum Gasteiger partial charge on any atom is 0.237 e. The van der Waals surface area contributed by atoms with Crippen LogP contribution in [0.15, 0.2) is 23.3 Å². The van der Waals surface area contributed by atoms with Crippen LogP contribution in [0.3, 0.4) is 0 Å². The van der Waals surface area contributed by atoms with Crippen molar-refractivity contribution in [2.45, 2.75) is 84.5 Å². The fraction of sp³-hybridized carbons (Fsp3) is 0.625. The lowest BCUT2D eigenvalue weighted by atomic mass is 9.77. The van der Waals surface area contributed by atoms with Gasteiger partial charge in [-0.1, -0.05) is 34.1 Å². The third-order valence-corrected chi connectivity index (χ3v) is 6.55. The molecule has 158 valence electrons. The van der Waals surface area contributed by atoms with Gasteiger partial charge < -0.3 is 4.90 Å². The van der Waals surface area contributed by atoms with Crippen LogP contribution in [-0.4, -0.2) is 23.9 Å². The van der Waals surface area contributed by atoms with Gasteiger partial charge in [0.05, 0.1) is 11.1 Å². The van der Waals surface area contributed by atoms with Gasteiger partial charge in [0.15, 0.2) is 5.78 Å². The first-order valence-electron chi connectivity index (χ1n) is 11.2. The lowest BCUT2D eigenvalue weighted by Gasteiger charge is -2.26. The Kier molecular flexibility index (Phi) is 6.76. The predicted molar refractivity (Wildman–Crippen MR) is 120 cm³/mol. The van der Waals surface area contributed by atoms with Gasteiger partial charge in [-0.3, -0.25) is 15.0 Å². The number of Topliss-reactive ketones (excluding diaryl/α,β-unsaturated/α-hetero) is 1. The molecular weight excluding hydrogens is 362 g/mol. The number of amides is 1. The van der Waals surface area contributed by atoms with Gasteiger partial charge in [-0.2, -0.15) is 5.10 Å². The highest BCUT2D eigenvalue weighted by molar-refractivity contribution is 6.40. The van der Waals surface area contributed by atoms with Gasteiger partial charge in [0, 0.05) is 18.7 Å². The summed E-state index contributed by atoms with van der Waals surface area (Å²) >= 11 is 0. The molecule has 0 bridgehead atoms. The standard InChI is InChI=1S/C24H35N3O2/c1-5-24(6-2)19-16-18(25-26-20-10-8-7-9-11-22(20)28)12-13-21(19)27(23(24)29)15-14-17(3)4/h12-13,16-17,25H,5-11,14-15H2,1-4H3/b26-20+. The Hall–Kier alpha value is -2.17. The second kappa shape index (κ2) is 9.10. The molecule has 1 aromatic carbocycles. The van der Waals surface area contributed by atoms with Gasteiger partial charge in [-0.05, 0) is 68.2 Å². The van der Waals surface area contributed by atoms with Crippen LogP contribution in [0.5, 0.6) is 0 Å². The first-order chi connectivity index (χ1) is 13.9. The highest BCUT2D eigenvalue weighted by atomic mass is 16.2. The normalized spacial score (nSPS) is 20.3. The molecule has 2 aliphatic rings. The number of anilines is 2. The molecule has 3 rings (SSSR count). The van der Waals surface area contributed by atoms with Gasteiger partial charge in [0.1, 0.15) is 5.71 Å². The number of hydrogen-bond donors (Lipinski definition) is 1. The van der Waals surface area contributed by atoms with Crippen molar-refractivity contribution < 1.29 is 9.59 Å². The van der Waals surface area contributed by atoms with E-state index in [2.05, 4.69) is 44.3 Å². The number of carbonyl (C=O) groups is 2. The third-order valence-electron chi connectivity index (χ3n) is 6.55. The Morgan fingerprint density at radius 3 is 2.52 bits per heavy atom. The van der Waals surface area contributed by atoms with E-state index in [1.807, 2.05) is 17.0 Å². The van der Waals surface area contributed by atoms with Gasteiger partial charge >= 0.3 is 0 Å². The van der Waals surface area contributed by atoms with E-state index in [1.165, 1.54) is 0 Å². The highest BCUT2D eigenvalue weighted by Crippen LogP contribution is 2.47. The molecule has 1 amide bonds. The average Bonchev–Trinajstić information content (AvgIpc) is 2.81. The Balaban J connectivity index is 1.90. The van der Waals surface area contributed by atoms with Crippen LogP contribution in [0.4, 0.5) is 11.4 Å². The van der Waals surface area contributed by atoms with E-state index in [0.717, 1.165) is 68.4 Å². The molecule has 0 spiro atoms. The van der Waals surface area contributed by atoms with Crippen LogP contribution in [0.25, 0.3) is 0 Å². The van der Waals surface area contributed by atoms with Crippen LogP contribution >= 0.6 is 0 Å². The van der Waals surface area contributed by atoms with Gasteiger partial charge in [-0.15, -0.1) is 0 Å². The van der Waals surface area contributed by atoms with E-state index in [0.29, 0.717) is 18.1 Å². The topological polar surface area (TPSA) is 61.8 Å². The maximum absolute atomic E-state index is 13.4. The molecule has 1 saturated carbocycles. The summed E-state index contributed by atoms with van der Waals surface area (Å²) in [6.45, 7) is 9.34. The van der Waals surface area contributed by atoms with Crippen LogP contribution in [-0.2, 0) is 15.0 Å². The van der Waals surface area contributed by atoms with E-state index in [4.69, 9.17) is 0 Å². The molecule has 0 radical (unpaired) electrons. The van der Waals surface area contributed by atoms with Crippen LogP contribution in [0.1, 0.15) is 84.6 Å². The van der Waals surface area contributed by atoms with Crippen molar-refractivity contribution in [2.75, 3.05) is 16.9 Å². The summed E-state index contributed by atoms with van der Waals surface area (Å²) in [5.41, 5.74) is 6.26. The molecule has 1 aromatic rings. The Morgan fingerprint density at radius 1 is 1.10 bits per heavy atom. The van der Waals surface area contributed by atoms with Crippen molar-refractivity contribution in [3.63, 3.8) is 0 Å². The zero-order valence-corrected chi connectivity index (χ0v) is 18.4. The maximum atomic E-state index is 13.4. The van der Waals surface area contributed by atoms with E-state index < -0.39 is 5.41 Å². The minimum absolute atomic E-state index is 0.155. The van der Waals surface area contributed by atoms with Gasteiger partial charge in [0.25, 0.3) is 0 Å². The van der Waals surface area contributed by atoms with Gasteiger partial charge in [-0.25, -0.2) is 0 Å². The first kappa shape index (κ1) is 21.5. The van der Waals surface area contributed by atoms with Gasteiger partial charge in [0.2, 0.25) is 5.91 Å². The molecule has 5 nitrogen and oxygen atoms in total. The van der Waals surface area contributed by atoms with E-state index >= 15 is 0 Å². The molecular formula is C24H35N3O2. The Labute approximate surface area is 174 Å². The monoisotopic (exact) mass is 397 g/mol. The minimum atomic E-state index is -0.463. The van der Waals surface area contributed by atoms with Crippen molar-refractivity contribution in [2.24, 2.45) is 11.0 Å². The number of hydrazone groups is 1. The second-order valence-corrected chi connectivity index (χ2v) is 8.81. The van der Waals surface area contributed by atoms with Crippen molar-refractivity contribution in [3.05, 3.63) is 23.8 Å². The Bertz CT molecular complexity index is 793. The number of benzene rings is 1. The molecule has 1 fully saturated rings. The predicted octanol–water partition coefficient (Wildman–Crippen LogP) is 5.44. The molecule has 1 heterocycles. The van der Waals surface area contributed by atoms with Crippen LogP contribution in [0.2, 0.25) is 0 Å². The smallest absolute Gasteiger partial charge is 0.237 e. The summed E-state index contributed by atoms with van der Waals surface area (Å²) in [6.07, 6.45) is 6.96. The van der Waals surface area contributed by atoms with Crippen molar-refractivity contribution in [3.8, 4) is 0 Å². The fourth-order valence-electron chi connectivity index (χ4n) is 4.54. The summed E-state index contributed by atoms with van der Waals surface area (Å²) < 4.78 is 0. The first-order valence-corrected chi connectivity index (χ1v) is 11.2. The average molecular weight is 398 g/mol. The van der Waals surface area contributed by atoms with Crippen molar-refractivity contribution >= 4 is 28.8 Å². The quantitative estimate of drug-likeness (QED) is 0.492. The summed E-state index contributed by atoms with van der Waals surface area (Å²) in [5, 5.41) is 4.44. The molecule has 0 unspecified atom stereocenters. The number of nitrogens with zero attached hydrogens (tertiary/aromatic N) is 2. The van der Waals surface area contributed by atoms with Crippen LogP contribution in [0, 0.1) is 5.92 Å². The number of rotatable bonds is 7. The van der Waals surface area contributed by atoms with E-state index in [-0.39, 0.29) is 11.7 Å². The number of hydrogen-bond acceptors (Lipinski definition) is 4. The SMILES string of the molecule is CCC1(CC)C(=O)N(CCC(C)C)c2ccc(N/N=C3\CCCCCC3=O)cc21. The van der Waals surface area contributed by atoms with E-state index in [9.17, 15) is 9.59 Å². The molecule has 0 aromatic heterocycles. The summed E-state index contributed by atoms with van der Waals surface area (Å²) in [5.74, 6) is 0.932. The number of carbonyl (C=O) groups excluding carboxylic acids is 2. The zero-order chi connectivity index (χ0) is 21.0. The molecule has 0 atom stereocenters. The number of nitrogens with one attached hydrogen (secondary N) is 1. The minimum Gasteiger partial charge on any atom is -0.311 e.